The van der Waals surface area contributed by atoms with Gasteiger partial charge in [0.25, 0.3) is 0 Å². The van der Waals surface area contributed by atoms with Crippen LogP contribution in [0.3, 0.4) is 0 Å². The van der Waals surface area contributed by atoms with Crippen LogP contribution in [0.1, 0.15) is 49.3 Å². The number of alkyl carbamates (subject to hydrolysis) is 1. The quantitative estimate of drug-likeness (QED) is 0.434. The van der Waals surface area contributed by atoms with Gasteiger partial charge >= 0.3 is 12.1 Å². The zero-order valence-electron chi connectivity index (χ0n) is 21.6. The molecule has 0 aliphatic rings. The third kappa shape index (κ3) is 7.66. The summed E-state index contributed by atoms with van der Waals surface area (Å²) in [6, 6.07) is 11.3. The number of ether oxygens (including phenoxy) is 2. The molecule has 1 N–H and O–H groups in total. The molecule has 0 spiro atoms. The number of esters is 1. The van der Waals surface area contributed by atoms with Crippen molar-refractivity contribution in [1.82, 2.24) is 14.9 Å². The van der Waals surface area contributed by atoms with Gasteiger partial charge in [-0.15, -0.1) is 0 Å². The summed E-state index contributed by atoms with van der Waals surface area (Å²) in [5, 5.41) is 2.30. The van der Waals surface area contributed by atoms with Gasteiger partial charge in [0.2, 0.25) is 10.5 Å². The highest BCUT2D eigenvalue weighted by molar-refractivity contribution is 8.14. The summed E-state index contributed by atoms with van der Waals surface area (Å²) in [5.74, 6) is -0.863. The Morgan fingerprint density at radius 1 is 1.11 bits per heavy atom. The maximum Gasteiger partial charge on any atom is 0.408 e. The van der Waals surface area contributed by atoms with Crippen molar-refractivity contribution in [2.45, 2.75) is 59.4 Å². The van der Waals surface area contributed by atoms with Gasteiger partial charge in [0.05, 0.1) is 10.9 Å². The van der Waals surface area contributed by atoms with Crippen molar-refractivity contribution >= 4 is 40.0 Å². The number of nitrogens with zero attached hydrogens (tertiary/aromatic N) is 2. The number of rotatable bonds is 8. The first-order valence-corrected chi connectivity index (χ1v) is 12.8. The molecule has 0 fully saturated rings. The summed E-state index contributed by atoms with van der Waals surface area (Å²) < 4.78 is 12.4. The van der Waals surface area contributed by atoms with Gasteiger partial charge in [-0.2, -0.15) is 0 Å². The van der Waals surface area contributed by atoms with Crippen molar-refractivity contribution in [2.75, 3.05) is 5.75 Å². The van der Waals surface area contributed by atoms with Gasteiger partial charge in [-0.1, -0.05) is 42.1 Å². The summed E-state index contributed by atoms with van der Waals surface area (Å²) in [4.78, 5) is 55.8. The summed E-state index contributed by atoms with van der Waals surface area (Å²) in [6.07, 6.45) is 0.657. The SMILES string of the molecule is CCn1cc(C(=O)SC[C@@H](NC(=O)OCc2ccccc2)C(=O)OC(C)(C)C)c(=O)c2ccc(C)nc21. The molecule has 0 saturated heterocycles. The number of benzene rings is 1. The van der Waals surface area contributed by atoms with E-state index < -0.39 is 34.2 Å². The summed E-state index contributed by atoms with van der Waals surface area (Å²) in [6.45, 7) is 9.34. The molecule has 3 rings (SSSR count). The summed E-state index contributed by atoms with van der Waals surface area (Å²) >= 11 is 0.750. The molecule has 1 atom stereocenters. The van der Waals surface area contributed by atoms with Crippen LogP contribution in [-0.4, -0.2) is 44.1 Å². The van der Waals surface area contributed by atoms with E-state index in [-0.39, 0.29) is 17.9 Å². The van der Waals surface area contributed by atoms with Crippen molar-refractivity contribution in [3.63, 3.8) is 0 Å². The molecule has 0 saturated carbocycles. The zero-order chi connectivity index (χ0) is 27.2. The molecule has 196 valence electrons. The Balaban J connectivity index is 1.76. The second kappa shape index (κ2) is 12.1. The maximum absolute atomic E-state index is 13.1. The van der Waals surface area contributed by atoms with Crippen LogP contribution in [0.2, 0.25) is 0 Å². The Bertz CT molecular complexity index is 1350. The standard InChI is InChI=1S/C27H31N3O6S/c1-6-30-14-20(22(31)19-13-12-17(2)28-23(19)30)25(33)37-16-21(24(32)36-27(3,4)5)29-26(34)35-15-18-10-8-7-9-11-18/h7-14,21H,6,15-16H2,1-5H3,(H,29,34)/t21-/m1/s1. The number of hydrogen-bond donors (Lipinski definition) is 1. The highest BCUT2D eigenvalue weighted by Gasteiger charge is 2.29. The van der Waals surface area contributed by atoms with E-state index in [9.17, 15) is 19.2 Å². The Hall–Kier alpha value is -3.66. The average molecular weight is 526 g/mol. The van der Waals surface area contributed by atoms with Gasteiger partial charge in [-0.25, -0.2) is 14.6 Å². The predicted octanol–water partition coefficient (Wildman–Crippen LogP) is 4.23. The van der Waals surface area contributed by atoms with Crippen LogP contribution in [-0.2, 0) is 27.4 Å². The van der Waals surface area contributed by atoms with Crippen molar-refractivity contribution < 1.29 is 23.9 Å². The molecule has 10 heteroatoms. The van der Waals surface area contributed by atoms with Crippen LogP contribution in [0.4, 0.5) is 4.79 Å². The smallest absolute Gasteiger partial charge is 0.408 e. The lowest BCUT2D eigenvalue weighted by atomic mass is 10.2. The second-order valence-corrected chi connectivity index (χ2v) is 10.4. The summed E-state index contributed by atoms with van der Waals surface area (Å²) in [5.41, 5.74) is 0.770. The maximum atomic E-state index is 13.1. The van der Waals surface area contributed by atoms with Gasteiger partial charge in [-0.05, 0) is 52.3 Å². The van der Waals surface area contributed by atoms with E-state index >= 15 is 0 Å². The fraction of sp³-hybridized carbons (Fsp3) is 0.370. The van der Waals surface area contributed by atoms with Crippen LogP contribution in [0, 0.1) is 6.92 Å². The van der Waals surface area contributed by atoms with Gasteiger partial charge in [0.15, 0.2) is 0 Å². The molecule has 1 aromatic carbocycles. The summed E-state index contributed by atoms with van der Waals surface area (Å²) in [7, 11) is 0. The van der Waals surface area contributed by atoms with E-state index in [4.69, 9.17) is 9.47 Å². The predicted molar refractivity (Wildman–Crippen MR) is 143 cm³/mol. The molecule has 0 aliphatic heterocycles. The molecule has 2 aromatic heterocycles. The zero-order valence-corrected chi connectivity index (χ0v) is 22.4. The lowest BCUT2D eigenvalue weighted by Gasteiger charge is -2.24. The lowest BCUT2D eigenvalue weighted by Crippen LogP contribution is -2.46. The Morgan fingerprint density at radius 2 is 1.81 bits per heavy atom. The number of fused-ring (bicyclic) bond motifs is 1. The van der Waals surface area contributed by atoms with Gasteiger partial charge in [-0.3, -0.25) is 9.59 Å². The minimum Gasteiger partial charge on any atom is -0.458 e. The molecular formula is C27H31N3O6S. The Morgan fingerprint density at radius 3 is 2.46 bits per heavy atom. The van der Waals surface area contributed by atoms with E-state index in [0.29, 0.717) is 17.6 Å². The van der Waals surface area contributed by atoms with Crippen LogP contribution >= 0.6 is 11.8 Å². The van der Waals surface area contributed by atoms with Crippen molar-refractivity contribution in [3.8, 4) is 0 Å². The Labute approximate surface area is 219 Å². The van der Waals surface area contributed by atoms with E-state index in [1.54, 1.807) is 49.6 Å². The minimum absolute atomic E-state index is 0.0148. The molecule has 0 unspecified atom stereocenters. The third-order valence-electron chi connectivity index (χ3n) is 5.20. The number of aryl methyl sites for hydroxylation is 2. The monoisotopic (exact) mass is 525 g/mol. The number of carbonyl (C=O) groups is 3. The first kappa shape index (κ1) is 27.9. The molecule has 0 aliphatic carbocycles. The third-order valence-corrected chi connectivity index (χ3v) is 6.18. The molecule has 37 heavy (non-hydrogen) atoms. The number of pyridine rings is 2. The van der Waals surface area contributed by atoms with Crippen molar-refractivity contribution in [2.24, 2.45) is 0 Å². The number of carbonyl (C=O) groups excluding carboxylic acids is 3. The fourth-order valence-electron chi connectivity index (χ4n) is 3.43. The van der Waals surface area contributed by atoms with Gasteiger partial charge < -0.3 is 19.4 Å². The van der Waals surface area contributed by atoms with E-state index in [0.717, 1.165) is 23.0 Å². The normalized spacial score (nSPS) is 12.1. The van der Waals surface area contributed by atoms with E-state index in [2.05, 4.69) is 10.3 Å². The average Bonchev–Trinajstić information content (AvgIpc) is 2.84. The largest absolute Gasteiger partial charge is 0.458 e. The number of thioether (sulfide) groups is 1. The highest BCUT2D eigenvalue weighted by Crippen LogP contribution is 2.18. The molecule has 9 nitrogen and oxygen atoms in total. The van der Waals surface area contributed by atoms with Crippen molar-refractivity contribution in [3.05, 3.63) is 75.7 Å². The number of amides is 1. The molecule has 0 radical (unpaired) electrons. The molecule has 2 heterocycles. The van der Waals surface area contributed by atoms with Crippen LogP contribution < -0.4 is 10.7 Å². The van der Waals surface area contributed by atoms with Crippen LogP contribution in [0.15, 0.2) is 53.5 Å². The topological polar surface area (TPSA) is 117 Å². The van der Waals surface area contributed by atoms with Crippen LogP contribution in [0.25, 0.3) is 11.0 Å². The first-order chi connectivity index (χ1) is 17.5. The molecular weight excluding hydrogens is 494 g/mol. The Kier molecular flexibility index (Phi) is 9.09. The lowest BCUT2D eigenvalue weighted by molar-refractivity contribution is -0.156. The van der Waals surface area contributed by atoms with E-state index in [1.807, 2.05) is 32.0 Å². The molecule has 0 bridgehead atoms. The van der Waals surface area contributed by atoms with Crippen LogP contribution in [0.5, 0.6) is 0 Å². The minimum atomic E-state index is -1.17. The number of nitrogens with one attached hydrogen (secondary N) is 1. The van der Waals surface area contributed by atoms with Crippen molar-refractivity contribution in [1.29, 1.82) is 0 Å². The number of hydrogen-bond acceptors (Lipinski definition) is 8. The fourth-order valence-corrected chi connectivity index (χ4v) is 4.27. The molecule has 3 aromatic rings. The number of aromatic nitrogens is 2. The second-order valence-electron chi connectivity index (χ2n) is 9.37. The molecule has 1 amide bonds. The highest BCUT2D eigenvalue weighted by atomic mass is 32.2. The van der Waals surface area contributed by atoms with Gasteiger partial charge in [0.1, 0.15) is 23.9 Å². The van der Waals surface area contributed by atoms with Gasteiger partial charge in [0, 0.05) is 24.2 Å². The van der Waals surface area contributed by atoms with E-state index in [1.165, 1.54) is 6.20 Å². The first-order valence-electron chi connectivity index (χ1n) is 11.9.